The molecule has 3 N–H and O–H groups in total. The molecule has 156 valence electrons. The molecule has 0 unspecified atom stereocenters. The number of aryl methyl sites for hydroxylation is 1. The molecule has 1 aromatic heterocycles. The maximum atomic E-state index is 13.3. The number of aromatic nitrogens is 1. The molecule has 0 atom stereocenters. The Morgan fingerprint density at radius 3 is 2.48 bits per heavy atom. The van der Waals surface area contributed by atoms with Crippen LogP contribution in [0.3, 0.4) is 0 Å². The molecule has 0 amide bonds. The van der Waals surface area contributed by atoms with Gasteiger partial charge in [-0.3, -0.25) is 9.54 Å². The quantitative estimate of drug-likeness (QED) is 0.245. The number of nitrogens with two attached hydrogens (primary N) is 1. The van der Waals surface area contributed by atoms with Gasteiger partial charge in [-0.1, -0.05) is 12.1 Å². The number of benzene rings is 3. The predicted octanol–water partition coefficient (Wildman–Crippen LogP) is 5.59. The lowest BCUT2D eigenvalue weighted by Crippen LogP contribution is -1.97. The average Bonchev–Trinajstić information content (AvgIpc) is 2.72. The zero-order chi connectivity index (χ0) is 22.2. The number of azo groups is 1. The molecule has 0 aliphatic carbocycles. The smallest absolute Gasteiger partial charge is 0.294 e. The van der Waals surface area contributed by atoms with Crippen LogP contribution < -0.4 is 5.73 Å². The van der Waals surface area contributed by atoms with E-state index >= 15 is 0 Å². The van der Waals surface area contributed by atoms with E-state index in [9.17, 15) is 17.4 Å². The van der Waals surface area contributed by atoms with Crippen molar-refractivity contribution in [2.24, 2.45) is 10.2 Å². The van der Waals surface area contributed by atoms with Gasteiger partial charge >= 0.3 is 0 Å². The van der Waals surface area contributed by atoms with Crippen molar-refractivity contribution in [2.45, 2.75) is 11.8 Å². The summed E-state index contributed by atoms with van der Waals surface area (Å²) in [6, 6.07) is 15.3. The van der Waals surface area contributed by atoms with E-state index in [4.69, 9.17) is 5.73 Å². The van der Waals surface area contributed by atoms with Crippen LogP contribution in [0.25, 0.3) is 22.0 Å². The number of hydrogen-bond acceptors (Lipinski definition) is 6. The van der Waals surface area contributed by atoms with Gasteiger partial charge in [-0.15, -0.1) is 10.2 Å². The molecular formula is C22H17FN4O3S. The molecule has 0 aliphatic rings. The molecule has 3 aromatic carbocycles. The summed E-state index contributed by atoms with van der Waals surface area (Å²) < 4.78 is 45.3. The first-order valence-corrected chi connectivity index (χ1v) is 10.6. The highest BCUT2D eigenvalue weighted by Crippen LogP contribution is 2.34. The molecule has 0 radical (unpaired) electrons. The number of anilines is 1. The lowest BCUT2D eigenvalue weighted by Gasteiger charge is -2.07. The first-order valence-electron chi connectivity index (χ1n) is 9.16. The maximum absolute atomic E-state index is 13.3. The van der Waals surface area contributed by atoms with Gasteiger partial charge in [-0.05, 0) is 66.4 Å². The number of rotatable bonds is 4. The van der Waals surface area contributed by atoms with E-state index in [1.807, 2.05) is 6.92 Å². The van der Waals surface area contributed by atoms with Crippen LogP contribution >= 0.6 is 0 Å². The van der Waals surface area contributed by atoms with E-state index in [1.165, 1.54) is 30.3 Å². The molecule has 0 spiro atoms. The van der Waals surface area contributed by atoms with Crippen LogP contribution in [-0.4, -0.2) is 18.0 Å². The lowest BCUT2D eigenvalue weighted by atomic mass is 10.1. The van der Waals surface area contributed by atoms with Crippen LogP contribution in [0.1, 0.15) is 5.56 Å². The molecule has 0 saturated carbocycles. The Balaban J connectivity index is 1.67. The number of nitrogens with zero attached hydrogens (tertiary/aromatic N) is 3. The fourth-order valence-corrected chi connectivity index (χ4v) is 3.72. The minimum absolute atomic E-state index is 0.219. The summed E-state index contributed by atoms with van der Waals surface area (Å²) in [4.78, 5) is 4.15. The second-order valence-electron chi connectivity index (χ2n) is 6.92. The van der Waals surface area contributed by atoms with Gasteiger partial charge in [-0.2, -0.15) is 8.42 Å². The summed E-state index contributed by atoms with van der Waals surface area (Å²) >= 11 is 0. The summed E-state index contributed by atoms with van der Waals surface area (Å²) in [6.45, 7) is 1.81. The number of hydrogen-bond donors (Lipinski definition) is 2. The standard InChI is InChI=1S/C22H17FN4O3S/c1-13-10-15(23)3-6-18(13)21-9-4-16(12-25-21)26-27-22-19-7-5-17(31(28,29)30)11-14(19)2-8-20(22)24/h2-12H,24H2,1H3,(H,28,29,30)/b27-26+. The van der Waals surface area contributed by atoms with Gasteiger partial charge < -0.3 is 5.73 Å². The highest BCUT2D eigenvalue weighted by molar-refractivity contribution is 7.85. The SMILES string of the molecule is Cc1cc(F)ccc1-c1ccc(/N=N/c2c(N)ccc3cc(S(=O)(=O)O)ccc23)cn1. The molecule has 1 heterocycles. The van der Waals surface area contributed by atoms with Crippen LogP contribution in [0, 0.1) is 12.7 Å². The van der Waals surface area contributed by atoms with Crippen molar-refractivity contribution in [1.82, 2.24) is 4.98 Å². The average molecular weight is 436 g/mol. The lowest BCUT2D eigenvalue weighted by molar-refractivity contribution is 0.483. The van der Waals surface area contributed by atoms with Crippen molar-refractivity contribution < 1.29 is 17.4 Å². The molecule has 0 fully saturated rings. The van der Waals surface area contributed by atoms with Crippen LogP contribution in [0.15, 0.2) is 82.0 Å². The van der Waals surface area contributed by atoms with E-state index in [0.29, 0.717) is 33.5 Å². The molecule has 31 heavy (non-hydrogen) atoms. The Bertz CT molecular complexity index is 1440. The molecule has 4 rings (SSSR count). The number of fused-ring (bicyclic) bond motifs is 1. The van der Waals surface area contributed by atoms with Crippen molar-refractivity contribution >= 4 is 38.0 Å². The van der Waals surface area contributed by atoms with Crippen LogP contribution in [0.5, 0.6) is 0 Å². The van der Waals surface area contributed by atoms with Crippen LogP contribution in [0.2, 0.25) is 0 Å². The first kappa shape index (κ1) is 20.6. The third-order valence-corrected chi connectivity index (χ3v) is 5.62. The second kappa shape index (κ2) is 7.86. The molecule has 7 nitrogen and oxygen atoms in total. The molecule has 0 bridgehead atoms. The van der Waals surface area contributed by atoms with Crippen LogP contribution in [0.4, 0.5) is 21.5 Å². The maximum Gasteiger partial charge on any atom is 0.294 e. The first-order chi connectivity index (χ1) is 14.7. The highest BCUT2D eigenvalue weighted by Gasteiger charge is 2.12. The van der Waals surface area contributed by atoms with Gasteiger partial charge in [0.25, 0.3) is 10.1 Å². The third-order valence-electron chi connectivity index (χ3n) is 4.77. The van der Waals surface area contributed by atoms with E-state index in [2.05, 4.69) is 15.2 Å². The summed E-state index contributed by atoms with van der Waals surface area (Å²) in [5.41, 5.74) is 9.52. The summed E-state index contributed by atoms with van der Waals surface area (Å²) in [6.07, 6.45) is 1.54. The van der Waals surface area contributed by atoms with Crippen molar-refractivity contribution in [3.8, 4) is 11.3 Å². The molecule has 0 aliphatic heterocycles. The minimum atomic E-state index is -4.32. The molecule has 9 heteroatoms. The molecule has 4 aromatic rings. The molecular weight excluding hydrogens is 419 g/mol. The topological polar surface area (TPSA) is 118 Å². The van der Waals surface area contributed by atoms with Crippen LogP contribution in [-0.2, 0) is 10.1 Å². The van der Waals surface area contributed by atoms with Crippen molar-refractivity contribution in [2.75, 3.05) is 5.73 Å². The minimum Gasteiger partial charge on any atom is -0.397 e. The third kappa shape index (κ3) is 4.27. The van der Waals surface area contributed by atoms with Gasteiger partial charge in [-0.25, -0.2) is 4.39 Å². The number of halogens is 1. The largest absolute Gasteiger partial charge is 0.397 e. The second-order valence-corrected chi connectivity index (χ2v) is 8.34. The predicted molar refractivity (Wildman–Crippen MR) is 117 cm³/mol. The van der Waals surface area contributed by atoms with Gasteiger partial charge in [0.05, 0.1) is 22.5 Å². The Labute approximate surface area is 177 Å². The monoisotopic (exact) mass is 436 g/mol. The summed E-state index contributed by atoms with van der Waals surface area (Å²) in [5.74, 6) is -0.303. The van der Waals surface area contributed by atoms with E-state index in [1.54, 1.807) is 36.5 Å². The Morgan fingerprint density at radius 2 is 1.81 bits per heavy atom. The molecule has 0 saturated heterocycles. The van der Waals surface area contributed by atoms with E-state index < -0.39 is 10.1 Å². The van der Waals surface area contributed by atoms with E-state index in [0.717, 1.165) is 11.1 Å². The normalized spacial score (nSPS) is 12.0. The van der Waals surface area contributed by atoms with Crippen molar-refractivity contribution in [1.29, 1.82) is 0 Å². The fraction of sp³-hybridized carbons (Fsp3) is 0.0455. The Kier molecular flexibility index (Phi) is 5.22. The number of pyridine rings is 1. The van der Waals surface area contributed by atoms with Gasteiger partial charge in [0.2, 0.25) is 0 Å². The zero-order valence-corrected chi connectivity index (χ0v) is 17.1. The summed E-state index contributed by atoms with van der Waals surface area (Å²) in [7, 11) is -4.32. The van der Waals surface area contributed by atoms with Gasteiger partial charge in [0, 0.05) is 10.9 Å². The number of nitrogen functional groups attached to an aromatic ring is 1. The van der Waals surface area contributed by atoms with Crippen molar-refractivity contribution in [3.63, 3.8) is 0 Å². The van der Waals surface area contributed by atoms with E-state index in [-0.39, 0.29) is 10.7 Å². The Morgan fingerprint density at radius 1 is 1.00 bits per heavy atom. The van der Waals surface area contributed by atoms with Crippen molar-refractivity contribution in [3.05, 3.63) is 78.2 Å². The van der Waals surface area contributed by atoms with Gasteiger partial charge in [0.1, 0.15) is 17.2 Å². The highest BCUT2D eigenvalue weighted by atomic mass is 32.2. The Hall–Kier alpha value is -3.69. The fourth-order valence-electron chi connectivity index (χ4n) is 3.21. The summed E-state index contributed by atoms with van der Waals surface area (Å²) in [5, 5.41) is 9.54. The zero-order valence-electron chi connectivity index (χ0n) is 16.3. The van der Waals surface area contributed by atoms with Gasteiger partial charge in [0.15, 0.2) is 0 Å².